The number of aliphatic imine (C=N–C) groups is 1. The molecule has 0 unspecified atom stereocenters. The van der Waals surface area contributed by atoms with Crippen molar-refractivity contribution in [3.8, 4) is 0 Å². The number of carboxylic acid groups (broad SMARTS) is 1. The van der Waals surface area contributed by atoms with E-state index in [9.17, 15) is 4.79 Å². The third-order valence-electron chi connectivity index (χ3n) is 1.22. The Labute approximate surface area is 62.8 Å². The van der Waals surface area contributed by atoms with Crippen LogP contribution in [0.15, 0.2) is 15.2 Å². The molecule has 1 atom stereocenters. The minimum atomic E-state index is -1.05. The third kappa shape index (κ3) is 2.08. The molecule has 0 bridgehead atoms. The molecule has 6 heteroatoms. The lowest BCUT2D eigenvalue weighted by atomic mass is 10.2. The number of hydrogen-bond donors (Lipinski definition) is 2. The second-order valence-corrected chi connectivity index (χ2v) is 2.11. The van der Waals surface area contributed by atoms with E-state index in [1.54, 1.807) is 0 Å². The molecule has 0 aliphatic carbocycles. The highest BCUT2D eigenvalue weighted by Crippen LogP contribution is 2.01. The molecule has 1 aliphatic rings. The van der Waals surface area contributed by atoms with Crippen molar-refractivity contribution in [2.24, 2.45) is 21.0 Å². The summed E-state index contributed by atoms with van der Waals surface area (Å²) in [5, 5.41) is 15.5. The van der Waals surface area contributed by atoms with Crippen LogP contribution in [0, 0.1) is 0 Å². The van der Waals surface area contributed by atoms with Crippen LogP contribution in [0.5, 0.6) is 0 Å². The molecule has 0 amide bonds. The van der Waals surface area contributed by atoms with Gasteiger partial charge >= 0.3 is 5.97 Å². The summed E-state index contributed by atoms with van der Waals surface area (Å²) in [5.41, 5.74) is 5.21. The van der Waals surface area contributed by atoms with Gasteiger partial charge in [0.1, 0.15) is 11.9 Å². The standard InChI is InChI=1S/C5H8N4O2/c6-3(5(10)11)1-4-7-2-8-9-4/h3H,1-2,6H2,(H,10,11)/t3-/m0/s1. The molecular formula is C5H8N4O2. The molecule has 0 radical (unpaired) electrons. The lowest BCUT2D eigenvalue weighted by Gasteiger charge is -2.01. The van der Waals surface area contributed by atoms with Crippen LogP contribution in [0.25, 0.3) is 0 Å². The molecule has 11 heavy (non-hydrogen) atoms. The van der Waals surface area contributed by atoms with Gasteiger partial charge in [-0.05, 0) is 0 Å². The van der Waals surface area contributed by atoms with Gasteiger partial charge in [0, 0.05) is 6.42 Å². The first-order valence-electron chi connectivity index (χ1n) is 3.09. The number of nitrogens with two attached hydrogens (primary N) is 1. The normalized spacial score (nSPS) is 18.1. The van der Waals surface area contributed by atoms with Crippen LogP contribution in [0.4, 0.5) is 0 Å². The summed E-state index contributed by atoms with van der Waals surface area (Å²) in [6, 6.07) is -0.925. The number of rotatable bonds is 3. The highest BCUT2D eigenvalue weighted by Gasteiger charge is 2.15. The quantitative estimate of drug-likeness (QED) is 0.581. The molecule has 6 nitrogen and oxygen atoms in total. The molecular weight excluding hydrogens is 148 g/mol. The average molecular weight is 156 g/mol. The first-order chi connectivity index (χ1) is 5.20. The molecule has 1 heterocycles. The second-order valence-electron chi connectivity index (χ2n) is 2.11. The molecule has 3 N–H and O–H groups in total. The molecule has 1 aliphatic heterocycles. The van der Waals surface area contributed by atoms with Crippen LogP contribution in [-0.2, 0) is 4.79 Å². The number of azo groups is 1. The van der Waals surface area contributed by atoms with Crippen molar-refractivity contribution in [3.05, 3.63) is 0 Å². The Morgan fingerprint density at radius 2 is 2.55 bits per heavy atom. The van der Waals surface area contributed by atoms with Gasteiger partial charge in [-0.1, -0.05) is 0 Å². The van der Waals surface area contributed by atoms with Gasteiger partial charge in [-0.15, -0.1) is 5.11 Å². The van der Waals surface area contributed by atoms with Crippen molar-refractivity contribution >= 4 is 11.8 Å². The van der Waals surface area contributed by atoms with Gasteiger partial charge in [0.2, 0.25) is 0 Å². The number of carboxylic acids is 1. The molecule has 60 valence electrons. The van der Waals surface area contributed by atoms with Crippen LogP contribution in [0.2, 0.25) is 0 Å². The first kappa shape index (κ1) is 7.80. The molecule has 0 aromatic heterocycles. The van der Waals surface area contributed by atoms with E-state index in [-0.39, 0.29) is 6.42 Å². The molecule has 1 rings (SSSR count). The number of carbonyl (C=O) groups is 1. The fraction of sp³-hybridized carbons (Fsp3) is 0.600. The van der Waals surface area contributed by atoms with E-state index in [2.05, 4.69) is 15.2 Å². The summed E-state index contributed by atoms with van der Waals surface area (Å²) < 4.78 is 0. The van der Waals surface area contributed by atoms with Crippen molar-refractivity contribution in [2.45, 2.75) is 12.5 Å². The zero-order valence-electron chi connectivity index (χ0n) is 5.77. The van der Waals surface area contributed by atoms with Gasteiger partial charge in [-0.3, -0.25) is 4.79 Å². The van der Waals surface area contributed by atoms with Gasteiger partial charge in [-0.2, -0.15) is 5.11 Å². The molecule has 0 aromatic rings. The minimum Gasteiger partial charge on any atom is -0.480 e. The second kappa shape index (κ2) is 3.20. The number of amidine groups is 1. The van der Waals surface area contributed by atoms with E-state index in [1.807, 2.05) is 0 Å². The summed E-state index contributed by atoms with van der Waals surface area (Å²) in [7, 11) is 0. The average Bonchev–Trinajstić information content (AvgIpc) is 2.39. The number of aliphatic carboxylic acids is 1. The Morgan fingerprint density at radius 1 is 1.82 bits per heavy atom. The Morgan fingerprint density at radius 3 is 3.00 bits per heavy atom. The van der Waals surface area contributed by atoms with E-state index in [1.165, 1.54) is 0 Å². The zero-order chi connectivity index (χ0) is 8.27. The van der Waals surface area contributed by atoms with Gasteiger partial charge in [0.25, 0.3) is 0 Å². The Hall–Kier alpha value is -1.30. The van der Waals surface area contributed by atoms with E-state index < -0.39 is 12.0 Å². The maximum absolute atomic E-state index is 10.2. The summed E-state index contributed by atoms with van der Waals surface area (Å²) in [5.74, 6) is -0.630. The topological polar surface area (TPSA) is 100 Å². The maximum atomic E-state index is 10.2. The smallest absolute Gasteiger partial charge is 0.320 e. The van der Waals surface area contributed by atoms with Gasteiger partial charge in [0.15, 0.2) is 6.67 Å². The summed E-state index contributed by atoms with van der Waals surface area (Å²) in [4.78, 5) is 14.0. The van der Waals surface area contributed by atoms with Crippen molar-refractivity contribution in [1.29, 1.82) is 0 Å². The van der Waals surface area contributed by atoms with Crippen LogP contribution in [0.3, 0.4) is 0 Å². The summed E-state index contributed by atoms with van der Waals surface area (Å²) in [6.45, 7) is 0.293. The van der Waals surface area contributed by atoms with Crippen molar-refractivity contribution < 1.29 is 9.90 Å². The lowest BCUT2D eigenvalue weighted by molar-refractivity contribution is -0.138. The largest absolute Gasteiger partial charge is 0.480 e. The van der Waals surface area contributed by atoms with Gasteiger partial charge < -0.3 is 10.8 Å². The van der Waals surface area contributed by atoms with Crippen molar-refractivity contribution in [3.63, 3.8) is 0 Å². The van der Waals surface area contributed by atoms with Crippen LogP contribution in [-0.4, -0.2) is 29.6 Å². The van der Waals surface area contributed by atoms with Crippen molar-refractivity contribution in [1.82, 2.24) is 0 Å². The third-order valence-corrected chi connectivity index (χ3v) is 1.22. The van der Waals surface area contributed by atoms with Crippen LogP contribution in [0.1, 0.15) is 6.42 Å². The van der Waals surface area contributed by atoms with Crippen molar-refractivity contribution in [2.75, 3.05) is 6.67 Å². The predicted octanol–water partition coefficient (Wildman–Crippen LogP) is -0.390. The number of hydrogen-bond acceptors (Lipinski definition) is 5. The Balaban J connectivity index is 2.42. The van der Waals surface area contributed by atoms with E-state index >= 15 is 0 Å². The van der Waals surface area contributed by atoms with E-state index in [4.69, 9.17) is 10.8 Å². The Bertz CT molecular complexity index is 223. The maximum Gasteiger partial charge on any atom is 0.320 e. The summed E-state index contributed by atoms with van der Waals surface area (Å²) in [6.07, 6.45) is 0.152. The van der Waals surface area contributed by atoms with Crippen LogP contribution < -0.4 is 5.73 Å². The highest BCUT2D eigenvalue weighted by atomic mass is 16.4. The fourth-order valence-electron chi connectivity index (χ4n) is 0.647. The first-order valence-corrected chi connectivity index (χ1v) is 3.09. The molecule has 0 saturated heterocycles. The van der Waals surface area contributed by atoms with E-state index in [0.29, 0.717) is 12.5 Å². The minimum absolute atomic E-state index is 0.152. The van der Waals surface area contributed by atoms with Gasteiger partial charge in [-0.25, -0.2) is 4.99 Å². The predicted molar refractivity (Wildman–Crippen MR) is 37.4 cm³/mol. The molecule has 0 saturated carbocycles. The lowest BCUT2D eigenvalue weighted by Crippen LogP contribution is -2.31. The van der Waals surface area contributed by atoms with E-state index in [0.717, 1.165) is 0 Å². The van der Waals surface area contributed by atoms with Gasteiger partial charge in [0.05, 0.1) is 0 Å². The fourth-order valence-corrected chi connectivity index (χ4v) is 0.647. The Kier molecular flexibility index (Phi) is 2.27. The highest BCUT2D eigenvalue weighted by molar-refractivity contribution is 5.88. The number of nitrogens with zero attached hydrogens (tertiary/aromatic N) is 3. The van der Waals surface area contributed by atoms with Crippen LogP contribution >= 0.6 is 0 Å². The monoisotopic (exact) mass is 156 g/mol. The molecule has 0 spiro atoms. The molecule has 0 fully saturated rings. The summed E-state index contributed by atoms with van der Waals surface area (Å²) >= 11 is 0. The molecule has 0 aromatic carbocycles. The SMILES string of the molecule is N[C@@H](CC1=NCN=N1)C(=O)O. The zero-order valence-corrected chi connectivity index (χ0v) is 5.77.